The zero-order valence-electron chi connectivity index (χ0n) is 10.8. The van der Waals surface area contributed by atoms with Gasteiger partial charge in [0.2, 0.25) is 0 Å². The Morgan fingerprint density at radius 1 is 1.00 bits per heavy atom. The Kier molecular flexibility index (Phi) is 6.29. The van der Waals surface area contributed by atoms with Crippen LogP contribution in [0.3, 0.4) is 0 Å². The third-order valence-electron chi connectivity index (χ3n) is 2.23. The maximum atomic E-state index is 11.5. The average Bonchev–Trinajstić information content (AvgIpc) is 2.39. The van der Waals surface area contributed by atoms with Gasteiger partial charge in [-0.3, -0.25) is 9.59 Å². The zero-order valence-corrected chi connectivity index (χ0v) is 10.8. The Bertz CT molecular complexity index is 438. The van der Waals surface area contributed by atoms with Gasteiger partial charge in [-0.15, -0.1) is 0 Å². The van der Waals surface area contributed by atoms with Crippen LogP contribution >= 0.6 is 0 Å². The monoisotopic (exact) mass is 264 g/mol. The van der Waals surface area contributed by atoms with E-state index in [2.05, 4.69) is 4.74 Å². The van der Waals surface area contributed by atoms with Gasteiger partial charge in [0.25, 0.3) is 0 Å². The smallest absolute Gasteiger partial charge is 0.338 e. The van der Waals surface area contributed by atoms with Crippen LogP contribution in [0.2, 0.25) is 0 Å². The van der Waals surface area contributed by atoms with Crippen LogP contribution in [0, 0.1) is 0 Å². The summed E-state index contributed by atoms with van der Waals surface area (Å²) in [6.07, 6.45) is 0.693. The number of hydrogen-bond donors (Lipinski definition) is 0. The van der Waals surface area contributed by atoms with Crippen LogP contribution in [-0.2, 0) is 19.1 Å². The number of esters is 3. The van der Waals surface area contributed by atoms with Crippen LogP contribution in [0.4, 0.5) is 0 Å². The first kappa shape index (κ1) is 14.9. The molecule has 0 N–H and O–H groups in total. The minimum Gasteiger partial charge on any atom is -0.461 e. The maximum absolute atomic E-state index is 11.5. The van der Waals surface area contributed by atoms with E-state index in [1.807, 2.05) is 6.92 Å². The van der Waals surface area contributed by atoms with E-state index in [1.165, 1.54) is 0 Å². The zero-order chi connectivity index (χ0) is 14.1. The fraction of sp³-hybridized carbons (Fsp3) is 0.357. The topological polar surface area (TPSA) is 69.7 Å². The molecular weight excluding hydrogens is 248 g/mol. The van der Waals surface area contributed by atoms with Gasteiger partial charge in [0.05, 0.1) is 12.0 Å². The summed E-state index contributed by atoms with van der Waals surface area (Å²) >= 11 is 0. The molecule has 5 nitrogen and oxygen atoms in total. The average molecular weight is 264 g/mol. The normalized spacial score (nSPS) is 9.74. The van der Waals surface area contributed by atoms with Crippen molar-refractivity contribution in [3.63, 3.8) is 0 Å². The summed E-state index contributed by atoms with van der Waals surface area (Å²) in [5.74, 6) is -1.74. The van der Waals surface area contributed by atoms with Crippen molar-refractivity contribution in [1.82, 2.24) is 0 Å². The molecule has 0 heterocycles. The van der Waals surface area contributed by atoms with Crippen molar-refractivity contribution in [1.29, 1.82) is 0 Å². The third-order valence-corrected chi connectivity index (χ3v) is 2.23. The van der Waals surface area contributed by atoms with Gasteiger partial charge in [0.15, 0.2) is 0 Å². The number of carbonyl (C=O) groups is 3. The Labute approximate surface area is 111 Å². The molecule has 0 fully saturated rings. The number of ether oxygens (including phenoxy) is 2. The molecule has 0 spiro atoms. The van der Waals surface area contributed by atoms with Crippen molar-refractivity contribution in [3.05, 3.63) is 35.9 Å². The number of hydrogen-bond acceptors (Lipinski definition) is 5. The Hall–Kier alpha value is -2.17. The number of rotatable bonds is 6. The summed E-state index contributed by atoms with van der Waals surface area (Å²) in [6, 6.07) is 8.45. The van der Waals surface area contributed by atoms with Gasteiger partial charge >= 0.3 is 17.9 Å². The third kappa shape index (κ3) is 5.81. The lowest BCUT2D eigenvalue weighted by Gasteiger charge is -2.04. The molecule has 0 radical (unpaired) electrons. The SMILES string of the molecule is CCCC(=O)OC(=O)CCOC(=O)c1ccccc1. The first-order valence-corrected chi connectivity index (χ1v) is 6.09. The molecule has 0 aliphatic heterocycles. The van der Waals surface area contributed by atoms with Crippen molar-refractivity contribution in [3.8, 4) is 0 Å². The molecule has 0 atom stereocenters. The molecule has 1 rings (SSSR count). The minimum atomic E-state index is -0.681. The highest BCUT2D eigenvalue weighted by Crippen LogP contribution is 2.02. The molecule has 1 aromatic carbocycles. The van der Waals surface area contributed by atoms with E-state index in [1.54, 1.807) is 30.3 Å². The first-order chi connectivity index (χ1) is 9.13. The van der Waals surface area contributed by atoms with Crippen molar-refractivity contribution >= 4 is 17.9 Å². The van der Waals surface area contributed by atoms with E-state index < -0.39 is 17.9 Å². The lowest BCUT2D eigenvalue weighted by molar-refractivity contribution is -0.160. The molecule has 0 unspecified atom stereocenters. The first-order valence-electron chi connectivity index (χ1n) is 6.09. The summed E-state index contributed by atoms with van der Waals surface area (Å²) in [6.45, 7) is 1.71. The predicted octanol–water partition coefficient (Wildman–Crippen LogP) is 2.10. The van der Waals surface area contributed by atoms with Gasteiger partial charge in [0, 0.05) is 6.42 Å². The highest BCUT2D eigenvalue weighted by atomic mass is 16.6. The molecule has 1 aromatic rings. The van der Waals surface area contributed by atoms with Crippen LogP contribution < -0.4 is 0 Å². The van der Waals surface area contributed by atoms with E-state index in [0.29, 0.717) is 12.0 Å². The van der Waals surface area contributed by atoms with E-state index in [9.17, 15) is 14.4 Å². The van der Waals surface area contributed by atoms with Crippen LogP contribution in [0.25, 0.3) is 0 Å². The largest absolute Gasteiger partial charge is 0.461 e. The fourth-order valence-electron chi connectivity index (χ4n) is 1.32. The molecule has 0 saturated carbocycles. The second-order valence-corrected chi connectivity index (χ2v) is 3.85. The van der Waals surface area contributed by atoms with E-state index in [-0.39, 0.29) is 19.4 Å². The quantitative estimate of drug-likeness (QED) is 0.581. The Balaban J connectivity index is 2.25. The molecule has 102 valence electrons. The van der Waals surface area contributed by atoms with Crippen molar-refractivity contribution in [2.24, 2.45) is 0 Å². The minimum absolute atomic E-state index is 0.105. The Morgan fingerprint density at radius 2 is 1.63 bits per heavy atom. The van der Waals surface area contributed by atoms with Crippen molar-refractivity contribution in [2.45, 2.75) is 26.2 Å². The molecule has 0 aliphatic carbocycles. The summed E-state index contributed by atoms with van der Waals surface area (Å²) in [5.41, 5.74) is 0.415. The van der Waals surface area contributed by atoms with E-state index >= 15 is 0 Å². The summed E-state index contributed by atoms with van der Waals surface area (Å²) in [5, 5.41) is 0. The second kappa shape index (κ2) is 8.02. The Morgan fingerprint density at radius 3 is 2.26 bits per heavy atom. The lowest BCUT2D eigenvalue weighted by atomic mass is 10.2. The molecule has 0 aromatic heterocycles. The second-order valence-electron chi connectivity index (χ2n) is 3.85. The van der Waals surface area contributed by atoms with Crippen LogP contribution in [0.5, 0.6) is 0 Å². The predicted molar refractivity (Wildman–Crippen MR) is 67.3 cm³/mol. The highest BCUT2D eigenvalue weighted by molar-refractivity contribution is 5.89. The fourth-order valence-corrected chi connectivity index (χ4v) is 1.32. The molecular formula is C14H16O5. The summed E-state index contributed by atoms with van der Waals surface area (Å²) in [4.78, 5) is 33.7. The van der Waals surface area contributed by atoms with E-state index in [0.717, 1.165) is 0 Å². The van der Waals surface area contributed by atoms with E-state index in [4.69, 9.17) is 4.74 Å². The molecule has 0 amide bonds. The molecule has 0 aliphatic rings. The summed E-state index contributed by atoms with van der Waals surface area (Å²) < 4.78 is 9.40. The lowest BCUT2D eigenvalue weighted by Crippen LogP contribution is -2.15. The van der Waals surface area contributed by atoms with Crippen molar-refractivity contribution in [2.75, 3.05) is 6.61 Å². The highest BCUT2D eigenvalue weighted by Gasteiger charge is 2.11. The van der Waals surface area contributed by atoms with Gasteiger partial charge in [0.1, 0.15) is 6.61 Å². The molecule has 0 bridgehead atoms. The van der Waals surface area contributed by atoms with Crippen LogP contribution in [-0.4, -0.2) is 24.5 Å². The number of benzene rings is 1. The van der Waals surface area contributed by atoms with Gasteiger partial charge in [-0.05, 0) is 18.6 Å². The molecule has 5 heteroatoms. The van der Waals surface area contributed by atoms with Gasteiger partial charge in [-0.1, -0.05) is 25.1 Å². The number of carbonyl (C=O) groups excluding carboxylic acids is 3. The summed E-state index contributed by atoms with van der Waals surface area (Å²) in [7, 11) is 0. The van der Waals surface area contributed by atoms with Gasteiger partial charge in [-0.2, -0.15) is 0 Å². The van der Waals surface area contributed by atoms with Gasteiger partial charge in [-0.25, -0.2) is 4.79 Å². The molecule has 19 heavy (non-hydrogen) atoms. The standard InChI is InChI=1S/C14H16O5/c1-2-6-12(15)19-13(16)9-10-18-14(17)11-7-4-3-5-8-11/h3-5,7-8H,2,6,9-10H2,1H3. The maximum Gasteiger partial charge on any atom is 0.338 e. The van der Waals surface area contributed by atoms with Crippen LogP contribution in [0.1, 0.15) is 36.5 Å². The molecule has 0 saturated heterocycles. The van der Waals surface area contributed by atoms with Crippen molar-refractivity contribution < 1.29 is 23.9 Å². The van der Waals surface area contributed by atoms with Gasteiger partial charge < -0.3 is 9.47 Å². The van der Waals surface area contributed by atoms with Crippen LogP contribution in [0.15, 0.2) is 30.3 Å².